The van der Waals surface area contributed by atoms with Crippen LogP contribution in [0.4, 0.5) is 0 Å². The molecule has 3 aromatic carbocycles. The molecule has 174 valence electrons. The Morgan fingerprint density at radius 1 is 0.971 bits per heavy atom. The topological polar surface area (TPSA) is 92.9 Å². The molecule has 0 aromatic heterocycles. The van der Waals surface area contributed by atoms with Crippen molar-refractivity contribution in [2.45, 2.75) is 18.9 Å². The summed E-state index contributed by atoms with van der Waals surface area (Å²) in [7, 11) is 3.07. The van der Waals surface area contributed by atoms with Gasteiger partial charge in [-0.2, -0.15) is 5.26 Å². The Morgan fingerprint density at radius 2 is 1.62 bits per heavy atom. The van der Waals surface area contributed by atoms with Gasteiger partial charge in [0.25, 0.3) is 0 Å². The molecule has 1 N–H and O–H groups in total. The van der Waals surface area contributed by atoms with Gasteiger partial charge in [0.15, 0.2) is 0 Å². The van der Waals surface area contributed by atoms with Crippen molar-refractivity contribution in [3.63, 3.8) is 0 Å². The third kappa shape index (κ3) is 7.10. The van der Waals surface area contributed by atoms with E-state index >= 15 is 0 Å². The number of nitrogens with one attached hydrogen (secondary N) is 1. The maximum atomic E-state index is 11.6. The van der Waals surface area contributed by atoms with Gasteiger partial charge in [0.05, 0.1) is 12.0 Å². The van der Waals surface area contributed by atoms with Crippen LogP contribution in [0.15, 0.2) is 84.0 Å². The van der Waals surface area contributed by atoms with Crippen molar-refractivity contribution in [3.05, 3.63) is 95.6 Å². The van der Waals surface area contributed by atoms with E-state index in [1.807, 2.05) is 66.7 Å². The first-order chi connectivity index (χ1) is 16.6. The zero-order valence-electron chi connectivity index (χ0n) is 19.2. The third-order valence-electron chi connectivity index (χ3n) is 5.12. The standard InChI is InChI=1S/C27H27N3O4/c1-29-27(31)16-23(17-28)21-10-14-25(15-11-21)33-18-20-8-12-24(13-9-20)34-19-26(30-32-2)22-6-4-3-5-7-22/h3-15,23H,16,18-19H2,1-2H3,(H,29,31)/b30-26+. The minimum Gasteiger partial charge on any atom is -0.489 e. The van der Waals surface area contributed by atoms with Crippen LogP contribution < -0.4 is 14.8 Å². The van der Waals surface area contributed by atoms with E-state index in [2.05, 4.69) is 16.5 Å². The molecular weight excluding hydrogens is 430 g/mol. The van der Waals surface area contributed by atoms with Crippen molar-refractivity contribution < 1.29 is 19.1 Å². The number of benzene rings is 3. The molecule has 7 heteroatoms. The number of rotatable bonds is 11. The van der Waals surface area contributed by atoms with Gasteiger partial charge in [0.1, 0.15) is 37.5 Å². The molecule has 0 aliphatic carbocycles. The Bertz CT molecular complexity index is 1120. The van der Waals surface area contributed by atoms with E-state index in [0.29, 0.717) is 23.8 Å². The number of carbonyl (C=O) groups is 1. The molecule has 0 fully saturated rings. The number of oxime groups is 1. The molecule has 0 heterocycles. The minimum atomic E-state index is -0.488. The smallest absolute Gasteiger partial charge is 0.221 e. The fourth-order valence-electron chi connectivity index (χ4n) is 3.23. The summed E-state index contributed by atoms with van der Waals surface area (Å²) in [5, 5.41) is 15.9. The number of ether oxygens (including phenoxy) is 2. The Morgan fingerprint density at radius 3 is 2.24 bits per heavy atom. The van der Waals surface area contributed by atoms with Gasteiger partial charge in [-0.25, -0.2) is 0 Å². The molecule has 34 heavy (non-hydrogen) atoms. The molecule has 1 amide bonds. The zero-order valence-corrected chi connectivity index (χ0v) is 19.2. The molecule has 0 aliphatic heterocycles. The van der Waals surface area contributed by atoms with Gasteiger partial charge in [-0.05, 0) is 35.4 Å². The Balaban J connectivity index is 1.52. The van der Waals surface area contributed by atoms with E-state index in [1.165, 1.54) is 7.11 Å². The highest BCUT2D eigenvalue weighted by molar-refractivity contribution is 6.01. The van der Waals surface area contributed by atoms with Crippen molar-refractivity contribution in [2.75, 3.05) is 20.8 Å². The van der Waals surface area contributed by atoms with Crippen molar-refractivity contribution in [3.8, 4) is 17.6 Å². The summed E-state index contributed by atoms with van der Waals surface area (Å²) in [6.45, 7) is 0.670. The molecule has 3 rings (SSSR count). The summed E-state index contributed by atoms with van der Waals surface area (Å²) in [5.74, 6) is 0.745. The summed E-state index contributed by atoms with van der Waals surface area (Å²) in [6, 6.07) is 26.8. The van der Waals surface area contributed by atoms with E-state index in [-0.39, 0.29) is 18.9 Å². The average molecular weight is 458 g/mol. The Labute approximate surface area is 199 Å². The van der Waals surface area contributed by atoms with E-state index < -0.39 is 5.92 Å². The molecule has 1 atom stereocenters. The lowest BCUT2D eigenvalue weighted by Gasteiger charge is -2.11. The lowest BCUT2D eigenvalue weighted by atomic mass is 9.97. The highest BCUT2D eigenvalue weighted by Crippen LogP contribution is 2.23. The molecule has 3 aromatic rings. The third-order valence-corrected chi connectivity index (χ3v) is 5.12. The second kappa shape index (κ2) is 12.7. The van der Waals surface area contributed by atoms with Crippen LogP contribution in [0.3, 0.4) is 0 Å². The van der Waals surface area contributed by atoms with Gasteiger partial charge in [-0.1, -0.05) is 59.8 Å². The number of hydrogen-bond donors (Lipinski definition) is 1. The van der Waals surface area contributed by atoms with E-state index in [9.17, 15) is 10.1 Å². The van der Waals surface area contributed by atoms with Crippen molar-refractivity contribution in [1.29, 1.82) is 5.26 Å². The van der Waals surface area contributed by atoms with Crippen LogP contribution in [0, 0.1) is 11.3 Å². The lowest BCUT2D eigenvalue weighted by molar-refractivity contribution is -0.120. The van der Waals surface area contributed by atoms with Gasteiger partial charge in [-0.3, -0.25) is 4.79 Å². The molecule has 1 unspecified atom stereocenters. The number of amides is 1. The molecule has 7 nitrogen and oxygen atoms in total. The first kappa shape index (κ1) is 24.3. The molecule has 0 saturated carbocycles. The first-order valence-electron chi connectivity index (χ1n) is 10.8. The largest absolute Gasteiger partial charge is 0.489 e. The molecule has 0 radical (unpaired) electrons. The predicted octanol–water partition coefficient (Wildman–Crippen LogP) is 4.44. The Hall–Kier alpha value is -4.31. The number of hydrogen-bond acceptors (Lipinski definition) is 6. The molecule has 0 aliphatic rings. The summed E-state index contributed by atoms with van der Waals surface area (Å²) >= 11 is 0. The highest BCUT2D eigenvalue weighted by atomic mass is 16.6. The second-order valence-corrected chi connectivity index (χ2v) is 7.44. The highest BCUT2D eigenvalue weighted by Gasteiger charge is 2.14. The fraction of sp³-hybridized carbons (Fsp3) is 0.222. The summed E-state index contributed by atoms with van der Waals surface area (Å²) in [6.07, 6.45) is 0.131. The van der Waals surface area contributed by atoms with Crippen LogP contribution >= 0.6 is 0 Å². The van der Waals surface area contributed by atoms with Crippen molar-refractivity contribution in [2.24, 2.45) is 5.16 Å². The van der Waals surface area contributed by atoms with Gasteiger partial charge in [0, 0.05) is 19.0 Å². The molecule has 0 saturated heterocycles. The first-order valence-corrected chi connectivity index (χ1v) is 10.8. The summed E-state index contributed by atoms with van der Waals surface area (Å²) in [4.78, 5) is 16.5. The zero-order chi connectivity index (χ0) is 24.2. The van der Waals surface area contributed by atoms with Gasteiger partial charge in [-0.15, -0.1) is 0 Å². The maximum absolute atomic E-state index is 11.6. The monoisotopic (exact) mass is 457 g/mol. The van der Waals surface area contributed by atoms with Crippen LogP contribution in [-0.4, -0.2) is 32.4 Å². The van der Waals surface area contributed by atoms with Crippen LogP contribution in [0.5, 0.6) is 11.5 Å². The number of carbonyl (C=O) groups excluding carboxylic acids is 1. The summed E-state index contributed by atoms with van der Waals surface area (Å²) < 4.78 is 11.7. The SMILES string of the molecule is CNC(=O)CC(C#N)c1ccc(OCc2ccc(OC/C(=N\OC)c3ccccc3)cc2)cc1. The second-order valence-electron chi connectivity index (χ2n) is 7.44. The van der Waals surface area contributed by atoms with Crippen LogP contribution in [0.1, 0.15) is 29.0 Å². The lowest BCUT2D eigenvalue weighted by Crippen LogP contribution is -2.20. The maximum Gasteiger partial charge on any atom is 0.221 e. The molecule has 0 bridgehead atoms. The number of nitriles is 1. The number of nitrogens with zero attached hydrogens (tertiary/aromatic N) is 2. The molecule has 0 spiro atoms. The van der Waals surface area contributed by atoms with Crippen molar-refractivity contribution >= 4 is 11.6 Å². The summed E-state index contributed by atoms with van der Waals surface area (Å²) in [5.41, 5.74) is 3.41. The van der Waals surface area contributed by atoms with E-state index in [1.54, 1.807) is 19.2 Å². The quantitative estimate of drug-likeness (QED) is 0.339. The van der Waals surface area contributed by atoms with Gasteiger partial charge >= 0.3 is 0 Å². The van der Waals surface area contributed by atoms with E-state index in [0.717, 1.165) is 16.7 Å². The van der Waals surface area contributed by atoms with Gasteiger partial charge in [0.2, 0.25) is 5.91 Å². The fourth-order valence-corrected chi connectivity index (χ4v) is 3.23. The average Bonchev–Trinajstić information content (AvgIpc) is 2.89. The Kier molecular flexibility index (Phi) is 9.06. The van der Waals surface area contributed by atoms with Gasteiger partial charge < -0.3 is 19.6 Å². The van der Waals surface area contributed by atoms with Crippen molar-refractivity contribution in [1.82, 2.24) is 5.32 Å². The predicted molar refractivity (Wildman–Crippen MR) is 130 cm³/mol. The van der Waals surface area contributed by atoms with Crippen LogP contribution in [0.25, 0.3) is 0 Å². The molecular formula is C27H27N3O4. The van der Waals surface area contributed by atoms with E-state index in [4.69, 9.17) is 14.3 Å². The normalized spacial score (nSPS) is 11.7. The van der Waals surface area contributed by atoms with Crippen LogP contribution in [-0.2, 0) is 16.2 Å². The minimum absolute atomic E-state index is 0.131. The van der Waals surface area contributed by atoms with Crippen LogP contribution in [0.2, 0.25) is 0 Å².